The zero-order valence-electron chi connectivity index (χ0n) is 13.4. The second-order valence-corrected chi connectivity index (χ2v) is 6.29. The third kappa shape index (κ3) is 3.85. The summed E-state index contributed by atoms with van der Waals surface area (Å²) in [6.45, 7) is 1.96. The van der Waals surface area contributed by atoms with Gasteiger partial charge in [0.25, 0.3) is 5.91 Å². The highest BCUT2D eigenvalue weighted by Crippen LogP contribution is 2.24. The number of hydrogen-bond donors (Lipinski definition) is 0. The highest BCUT2D eigenvalue weighted by Gasteiger charge is 2.23. The average molecular weight is 366 g/mol. The van der Waals surface area contributed by atoms with E-state index in [1.54, 1.807) is 31.3 Å². The van der Waals surface area contributed by atoms with Crippen molar-refractivity contribution >= 4 is 40.9 Å². The number of rotatable bonds is 5. The number of aromatic nitrogens is 2. The molecule has 0 bridgehead atoms. The van der Waals surface area contributed by atoms with Crippen LogP contribution in [0.5, 0.6) is 0 Å². The summed E-state index contributed by atoms with van der Waals surface area (Å²) in [6, 6.07) is 6.67. The van der Waals surface area contributed by atoms with Gasteiger partial charge in [-0.1, -0.05) is 42.4 Å². The number of para-hydroxylation sites is 1. The Morgan fingerprint density at radius 3 is 2.71 bits per heavy atom. The second-order valence-electron chi connectivity index (χ2n) is 4.66. The fraction of sp³-hybridized carbons (Fsp3) is 0.250. The average Bonchev–Trinajstić information content (AvgIpc) is 2.61. The molecule has 8 heteroatoms. The van der Waals surface area contributed by atoms with Crippen molar-refractivity contribution in [2.75, 3.05) is 24.8 Å². The summed E-state index contributed by atoms with van der Waals surface area (Å²) in [5.41, 5.74) is 0.780. The Balaban J connectivity index is 2.41. The molecule has 0 unspecified atom stereocenters. The topological polar surface area (TPSA) is 72.4 Å². The zero-order chi connectivity index (χ0) is 17.7. The van der Waals surface area contributed by atoms with E-state index in [-0.39, 0.29) is 16.3 Å². The number of halogens is 1. The van der Waals surface area contributed by atoms with E-state index < -0.39 is 11.9 Å². The Morgan fingerprint density at radius 1 is 1.33 bits per heavy atom. The van der Waals surface area contributed by atoms with Crippen LogP contribution in [-0.4, -0.2) is 41.8 Å². The van der Waals surface area contributed by atoms with Gasteiger partial charge in [-0.05, 0) is 17.9 Å². The van der Waals surface area contributed by atoms with Crippen LogP contribution in [0.2, 0.25) is 5.02 Å². The normalized spacial score (nSPS) is 10.3. The first-order valence-corrected chi connectivity index (χ1v) is 8.46. The Bertz CT molecular complexity index is 770. The van der Waals surface area contributed by atoms with Crippen LogP contribution in [-0.2, 0) is 4.74 Å². The van der Waals surface area contributed by atoms with Crippen LogP contribution in [0.25, 0.3) is 0 Å². The number of carbonyl (C=O) groups is 2. The van der Waals surface area contributed by atoms with E-state index in [2.05, 4.69) is 9.97 Å². The Morgan fingerprint density at radius 2 is 2.04 bits per heavy atom. The van der Waals surface area contributed by atoms with E-state index in [4.69, 9.17) is 16.3 Å². The van der Waals surface area contributed by atoms with E-state index in [0.29, 0.717) is 10.8 Å². The Hall–Kier alpha value is -2.12. The third-order valence-electron chi connectivity index (χ3n) is 3.17. The monoisotopic (exact) mass is 365 g/mol. The van der Waals surface area contributed by atoms with Crippen molar-refractivity contribution in [3.63, 3.8) is 0 Å². The quantitative estimate of drug-likeness (QED) is 0.460. The first kappa shape index (κ1) is 18.2. The minimum Gasteiger partial charge on any atom is -0.465 e. The molecule has 0 spiro atoms. The van der Waals surface area contributed by atoms with Crippen molar-refractivity contribution in [3.05, 3.63) is 46.7 Å². The van der Waals surface area contributed by atoms with Crippen molar-refractivity contribution in [3.8, 4) is 0 Å². The molecule has 126 valence electrons. The van der Waals surface area contributed by atoms with Crippen LogP contribution >= 0.6 is 23.4 Å². The maximum Gasteiger partial charge on any atom is 0.339 e. The molecule has 1 aromatic heterocycles. The van der Waals surface area contributed by atoms with Gasteiger partial charge in [0.1, 0.15) is 0 Å². The lowest BCUT2D eigenvalue weighted by Crippen LogP contribution is -2.29. The van der Waals surface area contributed by atoms with Gasteiger partial charge in [0.05, 0.1) is 29.6 Å². The first-order valence-electron chi connectivity index (χ1n) is 7.10. The summed E-state index contributed by atoms with van der Waals surface area (Å²) < 4.78 is 4.76. The van der Waals surface area contributed by atoms with E-state index >= 15 is 0 Å². The maximum atomic E-state index is 12.8. The number of ether oxygens (including phenoxy) is 1. The molecule has 1 heterocycles. The number of carbonyl (C=O) groups excluding carboxylic acids is 2. The maximum absolute atomic E-state index is 12.8. The summed E-state index contributed by atoms with van der Waals surface area (Å²) in [6.07, 6.45) is 1.40. The predicted molar refractivity (Wildman–Crippen MR) is 94.0 cm³/mol. The molecule has 0 radical (unpaired) electrons. The van der Waals surface area contributed by atoms with Gasteiger partial charge >= 0.3 is 5.97 Å². The SMILES string of the molecule is CCSc1ncc(Cl)c(C(=O)N(C)c2ccccc2C(=O)OC)n1. The fourth-order valence-electron chi connectivity index (χ4n) is 2.02. The molecule has 6 nitrogen and oxygen atoms in total. The van der Waals surface area contributed by atoms with E-state index in [9.17, 15) is 9.59 Å². The minimum absolute atomic E-state index is 0.0878. The number of esters is 1. The van der Waals surface area contributed by atoms with E-state index in [1.165, 1.54) is 30.0 Å². The molecule has 1 aromatic carbocycles. The van der Waals surface area contributed by atoms with E-state index in [1.807, 2.05) is 6.92 Å². The minimum atomic E-state index is -0.527. The Labute approximate surface area is 149 Å². The Kier molecular flexibility index (Phi) is 6.16. The molecule has 0 aliphatic carbocycles. The molecule has 24 heavy (non-hydrogen) atoms. The van der Waals surface area contributed by atoms with Crippen molar-refractivity contribution in [2.24, 2.45) is 0 Å². The summed E-state index contributed by atoms with van der Waals surface area (Å²) >= 11 is 7.49. The van der Waals surface area contributed by atoms with E-state index in [0.717, 1.165) is 5.75 Å². The van der Waals surface area contributed by atoms with Gasteiger partial charge in [-0.25, -0.2) is 14.8 Å². The number of anilines is 1. The summed E-state index contributed by atoms with van der Waals surface area (Å²) in [5.74, 6) is -0.186. The highest BCUT2D eigenvalue weighted by molar-refractivity contribution is 7.99. The molecule has 0 saturated heterocycles. The van der Waals surface area contributed by atoms with Gasteiger partial charge < -0.3 is 9.64 Å². The van der Waals surface area contributed by atoms with Gasteiger partial charge in [0, 0.05) is 7.05 Å². The molecule has 1 amide bonds. The van der Waals surface area contributed by atoms with Crippen LogP contribution in [0.4, 0.5) is 5.69 Å². The third-order valence-corrected chi connectivity index (χ3v) is 4.19. The standard InChI is InChI=1S/C16H16ClN3O3S/c1-4-24-16-18-9-11(17)13(19-16)14(21)20(2)12-8-6-5-7-10(12)15(22)23-3/h5-9H,4H2,1-3H3. The van der Waals surface area contributed by atoms with Crippen LogP contribution < -0.4 is 4.90 Å². The van der Waals surface area contributed by atoms with Crippen molar-refractivity contribution in [1.29, 1.82) is 0 Å². The largest absolute Gasteiger partial charge is 0.465 e. The molecule has 2 aromatic rings. The summed E-state index contributed by atoms with van der Waals surface area (Å²) in [5, 5.41) is 0.628. The lowest BCUT2D eigenvalue weighted by Gasteiger charge is -2.20. The molecule has 0 saturated carbocycles. The van der Waals surface area contributed by atoms with Crippen LogP contribution in [0.15, 0.2) is 35.6 Å². The molecular formula is C16H16ClN3O3S. The number of thioether (sulfide) groups is 1. The second kappa shape index (κ2) is 8.12. The molecular weight excluding hydrogens is 350 g/mol. The van der Waals surface area contributed by atoms with Crippen molar-refractivity contribution in [1.82, 2.24) is 9.97 Å². The molecule has 0 N–H and O–H groups in total. The summed E-state index contributed by atoms with van der Waals surface area (Å²) in [4.78, 5) is 34.3. The van der Waals surface area contributed by atoms with Crippen LogP contribution in [0.3, 0.4) is 0 Å². The van der Waals surface area contributed by atoms with Gasteiger partial charge in [-0.2, -0.15) is 0 Å². The molecule has 2 rings (SSSR count). The number of nitrogens with zero attached hydrogens (tertiary/aromatic N) is 3. The summed E-state index contributed by atoms with van der Waals surface area (Å²) in [7, 11) is 2.84. The van der Waals surface area contributed by atoms with Gasteiger partial charge in [0.2, 0.25) is 0 Å². The molecule has 0 fully saturated rings. The number of amides is 1. The lowest BCUT2D eigenvalue weighted by atomic mass is 10.1. The smallest absolute Gasteiger partial charge is 0.339 e. The van der Waals surface area contributed by atoms with Gasteiger partial charge in [-0.3, -0.25) is 4.79 Å². The highest BCUT2D eigenvalue weighted by atomic mass is 35.5. The zero-order valence-corrected chi connectivity index (χ0v) is 15.0. The van der Waals surface area contributed by atoms with Crippen molar-refractivity contribution < 1.29 is 14.3 Å². The van der Waals surface area contributed by atoms with Gasteiger partial charge in [-0.15, -0.1) is 0 Å². The molecule has 0 aliphatic heterocycles. The first-order chi connectivity index (χ1) is 11.5. The van der Waals surface area contributed by atoms with Crippen LogP contribution in [0, 0.1) is 0 Å². The van der Waals surface area contributed by atoms with Gasteiger partial charge in [0.15, 0.2) is 10.9 Å². The fourth-order valence-corrected chi connectivity index (χ4v) is 2.73. The van der Waals surface area contributed by atoms with Crippen LogP contribution in [0.1, 0.15) is 27.8 Å². The lowest BCUT2D eigenvalue weighted by molar-refractivity contribution is 0.0601. The predicted octanol–water partition coefficient (Wildman–Crippen LogP) is 3.31. The number of hydrogen-bond acceptors (Lipinski definition) is 6. The molecule has 0 aliphatic rings. The van der Waals surface area contributed by atoms with Crippen molar-refractivity contribution in [2.45, 2.75) is 12.1 Å². The molecule has 0 atom stereocenters. The number of methoxy groups -OCH3 is 1. The number of benzene rings is 1.